The zero-order valence-corrected chi connectivity index (χ0v) is 10.5. The molecule has 0 spiro atoms. The molecule has 0 aliphatic heterocycles. The maximum atomic E-state index is 10.6. The summed E-state index contributed by atoms with van der Waals surface area (Å²) < 4.78 is 1.09. The van der Waals surface area contributed by atoms with Gasteiger partial charge in [-0.3, -0.25) is 4.79 Å². The molecule has 0 atom stereocenters. The third-order valence-corrected chi connectivity index (χ3v) is 2.85. The Kier molecular flexibility index (Phi) is 4.62. The number of aryl methyl sites for hydroxylation is 1. The zero-order valence-electron chi connectivity index (χ0n) is 8.93. The van der Waals surface area contributed by atoms with E-state index in [1.54, 1.807) is 0 Å². The number of nitrogens with one attached hydrogen (secondary N) is 2. The summed E-state index contributed by atoms with van der Waals surface area (Å²) in [6, 6.07) is 6.10. The Bertz CT molecular complexity index is 352. The summed E-state index contributed by atoms with van der Waals surface area (Å²) >= 11 is 3.47. The van der Waals surface area contributed by atoms with E-state index in [-0.39, 0.29) is 5.91 Å². The standard InChI is InChI=1S/C11H15BrN2O/c1-8-3-4-10(7-11(8)12)14-6-5-13-9(2)15/h3-4,7,14H,5-6H2,1-2H3,(H,13,15). The summed E-state index contributed by atoms with van der Waals surface area (Å²) in [6.45, 7) is 4.93. The number of anilines is 1. The van der Waals surface area contributed by atoms with Crippen molar-refractivity contribution in [1.29, 1.82) is 0 Å². The molecule has 1 amide bonds. The number of carbonyl (C=O) groups excluding carboxylic acids is 1. The molecule has 15 heavy (non-hydrogen) atoms. The lowest BCUT2D eigenvalue weighted by molar-refractivity contribution is -0.118. The van der Waals surface area contributed by atoms with Gasteiger partial charge in [0.15, 0.2) is 0 Å². The minimum atomic E-state index is 0.00175. The summed E-state index contributed by atoms with van der Waals surface area (Å²) in [4.78, 5) is 10.6. The Labute approximate surface area is 98.4 Å². The van der Waals surface area contributed by atoms with E-state index in [1.807, 2.05) is 25.1 Å². The zero-order chi connectivity index (χ0) is 11.3. The second-order valence-electron chi connectivity index (χ2n) is 3.37. The monoisotopic (exact) mass is 270 g/mol. The molecular weight excluding hydrogens is 256 g/mol. The molecule has 0 saturated carbocycles. The highest BCUT2D eigenvalue weighted by Gasteiger charge is 1.96. The van der Waals surface area contributed by atoms with Gasteiger partial charge in [0.1, 0.15) is 0 Å². The van der Waals surface area contributed by atoms with Gasteiger partial charge in [-0.2, -0.15) is 0 Å². The van der Waals surface area contributed by atoms with Crippen LogP contribution in [-0.2, 0) is 4.79 Å². The number of carbonyl (C=O) groups is 1. The van der Waals surface area contributed by atoms with Gasteiger partial charge in [-0.05, 0) is 24.6 Å². The molecule has 0 aliphatic rings. The van der Waals surface area contributed by atoms with Gasteiger partial charge in [0.25, 0.3) is 0 Å². The van der Waals surface area contributed by atoms with E-state index in [4.69, 9.17) is 0 Å². The molecule has 0 heterocycles. The van der Waals surface area contributed by atoms with Crippen LogP contribution in [0.3, 0.4) is 0 Å². The van der Waals surface area contributed by atoms with E-state index < -0.39 is 0 Å². The Balaban J connectivity index is 2.38. The fourth-order valence-electron chi connectivity index (χ4n) is 1.15. The van der Waals surface area contributed by atoms with Crippen LogP contribution in [0.25, 0.3) is 0 Å². The Hall–Kier alpha value is -1.03. The van der Waals surface area contributed by atoms with Crippen LogP contribution in [0.1, 0.15) is 12.5 Å². The molecular formula is C11H15BrN2O. The average molecular weight is 271 g/mol. The second-order valence-corrected chi connectivity index (χ2v) is 4.23. The van der Waals surface area contributed by atoms with Gasteiger partial charge in [0, 0.05) is 30.2 Å². The molecule has 0 radical (unpaired) electrons. The van der Waals surface area contributed by atoms with Gasteiger partial charge in [-0.25, -0.2) is 0 Å². The summed E-state index contributed by atoms with van der Waals surface area (Å²) in [5, 5.41) is 5.95. The fourth-order valence-corrected chi connectivity index (χ4v) is 1.53. The molecule has 4 heteroatoms. The first-order valence-electron chi connectivity index (χ1n) is 4.84. The molecule has 0 unspecified atom stereocenters. The summed E-state index contributed by atoms with van der Waals surface area (Å²) in [6.07, 6.45) is 0. The number of halogens is 1. The van der Waals surface area contributed by atoms with E-state index in [9.17, 15) is 4.79 Å². The van der Waals surface area contributed by atoms with E-state index in [2.05, 4.69) is 26.6 Å². The molecule has 0 aromatic heterocycles. The smallest absolute Gasteiger partial charge is 0.216 e. The summed E-state index contributed by atoms with van der Waals surface area (Å²) in [5.41, 5.74) is 2.26. The van der Waals surface area contributed by atoms with Crippen molar-refractivity contribution in [1.82, 2.24) is 5.32 Å². The van der Waals surface area contributed by atoms with Gasteiger partial charge in [-0.15, -0.1) is 0 Å². The van der Waals surface area contributed by atoms with Crippen LogP contribution in [0.4, 0.5) is 5.69 Å². The molecule has 3 nitrogen and oxygen atoms in total. The summed E-state index contributed by atoms with van der Waals surface area (Å²) in [7, 11) is 0. The fraction of sp³-hybridized carbons (Fsp3) is 0.364. The first kappa shape index (κ1) is 12.0. The number of hydrogen-bond donors (Lipinski definition) is 2. The third kappa shape index (κ3) is 4.34. The maximum absolute atomic E-state index is 10.6. The van der Waals surface area contributed by atoms with Gasteiger partial charge < -0.3 is 10.6 Å². The molecule has 2 N–H and O–H groups in total. The highest BCUT2D eigenvalue weighted by atomic mass is 79.9. The van der Waals surface area contributed by atoms with Crippen molar-refractivity contribution in [3.63, 3.8) is 0 Å². The van der Waals surface area contributed by atoms with Crippen molar-refractivity contribution in [2.45, 2.75) is 13.8 Å². The predicted molar refractivity (Wildman–Crippen MR) is 66.1 cm³/mol. The molecule has 0 aliphatic carbocycles. The molecule has 0 fully saturated rings. The number of amides is 1. The van der Waals surface area contributed by atoms with Crippen LogP contribution in [0.2, 0.25) is 0 Å². The summed E-state index contributed by atoms with van der Waals surface area (Å²) in [5.74, 6) is 0.00175. The highest BCUT2D eigenvalue weighted by Crippen LogP contribution is 2.20. The van der Waals surface area contributed by atoms with Gasteiger partial charge in [-0.1, -0.05) is 22.0 Å². The van der Waals surface area contributed by atoms with Crippen molar-refractivity contribution in [2.75, 3.05) is 18.4 Å². The first-order chi connectivity index (χ1) is 7.09. The van der Waals surface area contributed by atoms with Crippen LogP contribution in [0, 0.1) is 6.92 Å². The average Bonchev–Trinajstić information content (AvgIpc) is 2.18. The number of benzene rings is 1. The van der Waals surface area contributed by atoms with Crippen molar-refractivity contribution < 1.29 is 4.79 Å². The Morgan fingerprint density at radius 2 is 2.13 bits per heavy atom. The van der Waals surface area contributed by atoms with Gasteiger partial charge >= 0.3 is 0 Å². The van der Waals surface area contributed by atoms with Crippen molar-refractivity contribution in [3.05, 3.63) is 28.2 Å². The largest absolute Gasteiger partial charge is 0.383 e. The number of hydrogen-bond acceptors (Lipinski definition) is 2. The van der Waals surface area contributed by atoms with Gasteiger partial charge in [0.2, 0.25) is 5.91 Å². The molecule has 0 saturated heterocycles. The second kappa shape index (κ2) is 5.75. The Morgan fingerprint density at radius 3 is 2.73 bits per heavy atom. The van der Waals surface area contributed by atoms with Crippen molar-refractivity contribution >= 4 is 27.5 Å². The molecule has 82 valence electrons. The highest BCUT2D eigenvalue weighted by molar-refractivity contribution is 9.10. The minimum absolute atomic E-state index is 0.00175. The minimum Gasteiger partial charge on any atom is -0.383 e. The molecule has 1 aromatic carbocycles. The molecule has 1 rings (SSSR count). The van der Waals surface area contributed by atoms with Crippen LogP contribution in [0.15, 0.2) is 22.7 Å². The third-order valence-electron chi connectivity index (χ3n) is 2.00. The lowest BCUT2D eigenvalue weighted by Crippen LogP contribution is -2.26. The van der Waals surface area contributed by atoms with E-state index in [0.29, 0.717) is 6.54 Å². The quantitative estimate of drug-likeness (QED) is 0.825. The van der Waals surface area contributed by atoms with Crippen molar-refractivity contribution in [2.24, 2.45) is 0 Å². The van der Waals surface area contributed by atoms with Crippen LogP contribution in [-0.4, -0.2) is 19.0 Å². The van der Waals surface area contributed by atoms with E-state index in [0.717, 1.165) is 16.7 Å². The SMILES string of the molecule is CC(=O)NCCNc1ccc(C)c(Br)c1. The van der Waals surface area contributed by atoms with Crippen LogP contribution in [0.5, 0.6) is 0 Å². The number of rotatable bonds is 4. The topological polar surface area (TPSA) is 41.1 Å². The normalized spacial score (nSPS) is 9.80. The lowest BCUT2D eigenvalue weighted by atomic mass is 10.2. The van der Waals surface area contributed by atoms with E-state index >= 15 is 0 Å². The van der Waals surface area contributed by atoms with Crippen LogP contribution >= 0.6 is 15.9 Å². The predicted octanol–water partition coefficient (Wildman–Crippen LogP) is 2.31. The van der Waals surface area contributed by atoms with E-state index in [1.165, 1.54) is 12.5 Å². The molecule has 0 bridgehead atoms. The molecule has 1 aromatic rings. The lowest BCUT2D eigenvalue weighted by Gasteiger charge is -2.08. The van der Waals surface area contributed by atoms with Gasteiger partial charge in [0.05, 0.1) is 0 Å². The van der Waals surface area contributed by atoms with Crippen molar-refractivity contribution in [3.8, 4) is 0 Å². The maximum Gasteiger partial charge on any atom is 0.216 e. The van der Waals surface area contributed by atoms with Crippen LogP contribution < -0.4 is 10.6 Å². The first-order valence-corrected chi connectivity index (χ1v) is 5.63. The Morgan fingerprint density at radius 1 is 1.40 bits per heavy atom.